The molecule has 5 rings (SSSR count). The van der Waals surface area contributed by atoms with E-state index in [2.05, 4.69) is 22.3 Å². The van der Waals surface area contributed by atoms with Gasteiger partial charge in [0.1, 0.15) is 11.6 Å². The molecule has 0 spiro atoms. The molecule has 0 fully saturated rings. The maximum absolute atomic E-state index is 11.6. The van der Waals surface area contributed by atoms with Gasteiger partial charge in [-0.2, -0.15) is 0 Å². The summed E-state index contributed by atoms with van der Waals surface area (Å²) >= 11 is 0. The minimum absolute atomic E-state index is 0.0773. The lowest BCUT2D eigenvalue weighted by Crippen LogP contribution is -2.14. The van der Waals surface area contributed by atoms with Crippen molar-refractivity contribution in [3.05, 3.63) is 95.1 Å². The number of hydrogen-bond donors (Lipinski definition) is 2. The van der Waals surface area contributed by atoms with Crippen LogP contribution in [0.25, 0.3) is 15.7 Å². The molecule has 0 saturated heterocycles. The van der Waals surface area contributed by atoms with E-state index in [1.165, 1.54) is 5.56 Å². The van der Waals surface area contributed by atoms with E-state index >= 15 is 0 Å². The average Bonchev–Trinajstić information content (AvgIpc) is 3.30. The normalized spacial score (nSPS) is 13.5. The maximum Gasteiger partial charge on any atom is 0.305 e. The van der Waals surface area contributed by atoms with Crippen molar-refractivity contribution in [2.75, 3.05) is 18.5 Å². The van der Waals surface area contributed by atoms with Crippen LogP contribution in [-0.4, -0.2) is 33.8 Å². The van der Waals surface area contributed by atoms with E-state index in [0.29, 0.717) is 18.7 Å². The summed E-state index contributed by atoms with van der Waals surface area (Å²) in [4.78, 5) is 19.8. The highest BCUT2D eigenvalue weighted by Crippen LogP contribution is 2.31. The second-order valence-corrected chi connectivity index (χ2v) is 8.70. The Bertz CT molecular complexity index is 1420. The molecule has 1 aliphatic heterocycles. The third-order valence-electron chi connectivity index (χ3n) is 6.36. The van der Waals surface area contributed by atoms with Gasteiger partial charge < -0.3 is 19.7 Å². The third-order valence-corrected chi connectivity index (χ3v) is 6.36. The Morgan fingerprint density at radius 1 is 1.20 bits per heavy atom. The first-order valence-corrected chi connectivity index (χ1v) is 11.8. The Kier molecular flexibility index (Phi) is 6.36. The molecular weight excluding hydrogens is 440 g/mol. The van der Waals surface area contributed by atoms with Gasteiger partial charge >= 0.3 is 5.97 Å². The predicted molar refractivity (Wildman–Crippen MR) is 135 cm³/mol. The Labute approximate surface area is 203 Å². The standard InChI is InChI=1S/C28H26N4O3/c1-29-23-6-2-4-20(16-23)26(18-27(33)34)32-14-11-21-17-24(9-10-25(21)32)35-15-12-22-8-7-19-5-3-13-30-28(19)31-22/h2,4,6-11,14,16-17,26H,3,5,12-13,15,18H2,(H,30,31)(H,33,34). The number of rotatable bonds is 8. The summed E-state index contributed by atoms with van der Waals surface area (Å²) in [5.74, 6) is 0.862. The highest BCUT2D eigenvalue weighted by Gasteiger charge is 2.20. The van der Waals surface area contributed by atoms with Gasteiger partial charge in [-0.25, -0.2) is 9.83 Å². The number of pyridine rings is 1. The number of nitrogens with zero attached hydrogens (tertiary/aromatic N) is 3. The molecule has 1 aliphatic rings. The topological polar surface area (TPSA) is 80.7 Å². The number of aryl methyl sites for hydroxylation is 1. The summed E-state index contributed by atoms with van der Waals surface area (Å²) in [5.41, 5.74) is 4.49. The number of fused-ring (bicyclic) bond motifs is 2. The van der Waals surface area contributed by atoms with Crippen LogP contribution in [0.15, 0.2) is 66.9 Å². The van der Waals surface area contributed by atoms with E-state index in [-0.39, 0.29) is 6.42 Å². The Balaban J connectivity index is 1.32. The van der Waals surface area contributed by atoms with E-state index in [1.54, 1.807) is 18.2 Å². The Hall–Kier alpha value is -4.31. The maximum atomic E-state index is 11.6. The van der Waals surface area contributed by atoms with Gasteiger partial charge in [0.05, 0.1) is 25.6 Å². The lowest BCUT2D eigenvalue weighted by molar-refractivity contribution is -0.137. The second kappa shape index (κ2) is 9.90. The van der Waals surface area contributed by atoms with E-state index in [0.717, 1.165) is 53.1 Å². The fourth-order valence-electron chi connectivity index (χ4n) is 4.63. The number of nitrogens with one attached hydrogen (secondary N) is 1. The van der Waals surface area contributed by atoms with Crippen molar-refractivity contribution >= 4 is 28.4 Å². The average molecular weight is 467 g/mol. The fraction of sp³-hybridized carbons (Fsp3) is 0.250. The molecule has 2 aromatic carbocycles. The third kappa shape index (κ3) is 4.97. The van der Waals surface area contributed by atoms with Crippen LogP contribution >= 0.6 is 0 Å². The van der Waals surface area contributed by atoms with Crippen molar-refractivity contribution in [1.29, 1.82) is 0 Å². The molecular formula is C28H26N4O3. The minimum Gasteiger partial charge on any atom is -0.493 e. The fourth-order valence-corrected chi connectivity index (χ4v) is 4.63. The lowest BCUT2D eigenvalue weighted by Gasteiger charge is -2.20. The summed E-state index contributed by atoms with van der Waals surface area (Å²) in [7, 11) is 0. The molecule has 1 atom stereocenters. The van der Waals surface area contributed by atoms with Crippen LogP contribution in [0, 0.1) is 6.57 Å². The van der Waals surface area contributed by atoms with E-state index < -0.39 is 12.0 Å². The minimum atomic E-state index is -0.893. The largest absolute Gasteiger partial charge is 0.493 e. The molecule has 0 radical (unpaired) electrons. The molecule has 7 heteroatoms. The molecule has 176 valence electrons. The number of hydrogen-bond acceptors (Lipinski definition) is 4. The van der Waals surface area contributed by atoms with Gasteiger partial charge in [-0.1, -0.05) is 30.3 Å². The summed E-state index contributed by atoms with van der Waals surface area (Å²) in [6, 6.07) is 18.8. The number of anilines is 1. The van der Waals surface area contributed by atoms with Crippen LogP contribution < -0.4 is 10.1 Å². The molecule has 0 saturated carbocycles. The number of carboxylic acid groups (broad SMARTS) is 1. The molecule has 0 amide bonds. The summed E-state index contributed by atoms with van der Waals surface area (Å²) in [6.45, 7) is 8.77. The summed E-state index contributed by atoms with van der Waals surface area (Å²) in [6.07, 6.45) is 4.75. The molecule has 0 aliphatic carbocycles. The molecule has 4 aromatic rings. The highest BCUT2D eigenvalue weighted by atomic mass is 16.5. The summed E-state index contributed by atoms with van der Waals surface area (Å²) < 4.78 is 7.97. The van der Waals surface area contributed by atoms with E-state index in [4.69, 9.17) is 16.3 Å². The molecule has 7 nitrogen and oxygen atoms in total. The van der Waals surface area contributed by atoms with Gasteiger partial charge in [-0.3, -0.25) is 4.79 Å². The van der Waals surface area contributed by atoms with Crippen molar-refractivity contribution in [1.82, 2.24) is 9.55 Å². The monoisotopic (exact) mass is 466 g/mol. The van der Waals surface area contributed by atoms with Gasteiger partial charge in [0.15, 0.2) is 5.69 Å². The number of carbonyl (C=O) groups is 1. The van der Waals surface area contributed by atoms with Crippen LogP contribution in [0.4, 0.5) is 11.5 Å². The zero-order chi connectivity index (χ0) is 24.2. The quantitative estimate of drug-likeness (QED) is 0.329. The SMILES string of the molecule is [C-]#[N+]c1cccc(C(CC(=O)O)n2ccc3cc(OCCc4ccc5c(n4)NCCC5)ccc32)c1. The number of aliphatic carboxylic acids is 1. The van der Waals surface area contributed by atoms with E-state index in [1.807, 2.05) is 41.1 Å². The zero-order valence-corrected chi connectivity index (χ0v) is 19.3. The smallest absolute Gasteiger partial charge is 0.305 e. The van der Waals surface area contributed by atoms with Crippen LogP contribution in [0.2, 0.25) is 0 Å². The van der Waals surface area contributed by atoms with Crippen molar-refractivity contribution in [3.63, 3.8) is 0 Å². The first-order chi connectivity index (χ1) is 17.1. The van der Waals surface area contributed by atoms with Crippen LogP contribution in [0.5, 0.6) is 5.75 Å². The molecule has 2 N–H and O–H groups in total. The number of carboxylic acids is 1. The van der Waals surface area contributed by atoms with Gasteiger partial charge in [0, 0.05) is 35.8 Å². The zero-order valence-electron chi connectivity index (χ0n) is 19.3. The highest BCUT2D eigenvalue weighted by molar-refractivity contribution is 5.82. The summed E-state index contributed by atoms with van der Waals surface area (Å²) in [5, 5.41) is 13.9. The second-order valence-electron chi connectivity index (χ2n) is 8.70. The first kappa shape index (κ1) is 22.5. The number of ether oxygens (including phenoxy) is 1. The van der Waals surface area contributed by atoms with Crippen molar-refractivity contribution in [3.8, 4) is 5.75 Å². The predicted octanol–water partition coefficient (Wildman–Crippen LogP) is 5.63. The van der Waals surface area contributed by atoms with Crippen molar-refractivity contribution < 1.29 is 14.6 Å². The number of benzene rings is 2. The van der Waals surface area contributed by atoms with Crippen LogP contribution in [-0.2, 0) is 17.6 Å². The van der Waals surface area contributed by atoms with Crippen molar-refractivity contribution in [2.24, 2.45) is 0 Å². The van der Waals surface area contributed by atoms with E-state index in [9.17, 15) is 9.90 Å². The Morgan fingerprint density at radius 2 is 2.11 bits per heavy atom. The first-order valence-electron chi connectivity index (χ1n) is 11.8. The Morgan fingerprint density at radius 3 is 2.97 bits per heavy atom. The molecule has 3 heterocycles. The van der Waals surface area contributed by atoms with Crippen molar-refractivity contribution in [2.45, 2.75) is 31.7 Å². The molecule has 35 heavy (non-hydrogen) atoms. The van der Waals surface area contributed by atoms with Gasteiger partial charge in [0.25, 0.3) is 0 Å². The molecule has 2 aromatic heterocycles. The van der Waals surface area contributed by atoms with Gasteiger partial charge in [0.2, 0.25) is 0 Å². The van der Waals surface area contributed by atoms with Gasteiger partial charge in [-0.15, -0.1) is 0 Å². The molecule has 0 bridgehead atoms. The van der Waals surface area contributed by atoms with Crippen LogP contribution in [0.1, 0.15) is 35.7 Å². The number of aromatic nitrogens is 2. The molecule has 1 unspecified atom stereocenters. The van der Waals surface area contributed by atoms with Gasteiger partial charge in [-0.05, 0) is 54.3 Å². The van der Waals surface area contributed by atoms with Crippen LogP contribution in [0.3, 0.4) is 0 Å². The lowest BCUT2D eigenvalue weighted by atomic mass is 10.0.